The summed E-state index contributed by atoms with van der Waals surface area (Å²) in [6.07, 6.45) is 18.0. The standard InChI is InChI=1S/C26H42O.C5H6O/c1-6-22-21(10-9-19-16-18(2)11-14-25(19,22)5)23-8-7-13-26(24(23,3)4)15-12-20(27)17-26;1-5-3-2-4-6-5/h9,18,21-23H,6-8,10-17H2,1-5H3;2-4H,1H3/t18-,21+,22?,23?,25-,26-;/m0./s1. The first-order valence-electron chi connectivity index (χ1n) is 13.8. The molecule has 1 heterocycles. The molecule has 2 unspecified atom stereocenters. The zero-order chi connectivity index (χ0) is 23.9. The minimum Gasteiger partial charge on any atom is -0.470 e. The summed E-state index contributed by atoms with van der Waals surface area (Å²) < 4.78 is 4.83. The van der Waals surface area contributed by atoms with Crippen molar-refractivity contribution in [2.45, 2.75) is 112 Å². The first kappa shape index (κ1) is 24.8. The first-order valence-corrected chi connectivity index (χ1v) is 13.8. The molecule has 0 saturated heterocycles. The van der Waals surface area contributed by atoms with Gasteiger partial charge in [-0.15, -0.1) is 0 Å². The Balaban J connectivity index is 0.000000376. The van der Waals surface area contributed by atoms with Crippen LogP contribution in [-0.2, 0) is 4.79 Å². The first-order chi connectivity index (χ1) is 15.6. The van der Waals surface area contributed by atoms with E-state index in [1.165, 1.54) is 51.4 Å². The molecular weight excluding hydrogens is 404 g/mol. The van der Waals surface area contributed by atoms with Gasteiger partial charge in [-0.3, -0.25) is 4.79 Å². The van der Waals surface area contributed by atoms with E-state index in [-0.39, 0.29) is 0 Å². The maximum Gasteiger partial charge on any atom is 0.133 e. The average Bonchev–Trinajstić information content (AvgIpc) is 3.40. The van der Waals surface area contributed by atoms with Gasteiger partial charge >= 0.3 is 0 Å². The Morgan fingerprint density at radius 3 is 2.48 bits per heavy atom. The Morgan fingerprint density at radius 2 is 1.91 bits per heavy atom. The van der Waals surface area contributed by atoms with Crippen LogP contribution in [0.3, 0.4) is 0 Å². The number of fused-ring (bicyclic) bond motifs is 1. The molecule has 2 nitrogen and oxygen atoms in total. The SMILES string of the molecule is CCC1[C@H](C2CCC[C@@]3(CCC(=O)C3)C2(C)C)CC=C2C[C@@H](C)CC[C@@]21C.Cc1ccco1. The molecule has 33 heavy (non-hydrogen) atoms. The summed E-state index contributed by atoms with van der Waals surface area (Å²) in [6, 6.07) is 3.79. The number of hydrogen-bond acceptors (Lipinski definition) is 2. The largest absolute Gasteiger partial charge is 0.470 e. The zero-order valence-electron chi connectivity index (χ0n) is 22.2. The van der Waals surface area contributed by atoms with Crippen LogP contribution >= 0.6 is 0 Å². The number of aryl methyl sites for hydroxylation is 1. The number of ketones is 1. The molecule has 4 aliphatic carbocycles. The molecule has 0 amide bonds. The minimum atomic E-state index is 0.303. The summed E-state index contributed by atoms with van der Waals surface area (Å²) in [4.78, 5) is 12.3. The van der Waals surface area contributed by atoms with Crippen molar-refractivity contribution in [1.29, 1.82) is 0 Å². The number of allylic oxidation sites excluding steroid dienone is 2. The van der Waals surface area contributed by atoms with E-state index in [9.17, 15) is 4.79 Å². The summed E-state index contributed by atoms with van der Waals surface area (Å²) in [5.41, 5.74) is 2.84. The van der Waals surface area contributed by atoms with E-state index in [2.05, 4.69) is 40.7 Å². The van der Waals surface area contributed by atoms with Gasteiger partial charge in [0.1, 0.15) is 11.5 Å². The van der Waals surface area contributed by atoms with E-state index in [0.717, 1.165) is 48.7 Å². The predicted octanol–water partition coefficient (Wildman–Crippen LogP) is 8.94. The molecule has 0 bridgehead atoms. The van der Waals surface area contributed by atoms with Crippen LogP contribution in [-0.4, -0.2) is 5.78 Å². The van der Waals surface area contributed by atoms with Crippen LogP contribution in [0.5, 0.6) is 0 Å². The highest BCUT2D eigenvalue weighted by Gasteiger charge is 2.58. The van der Waals surface area contributed by atoms with Gasteiger partial charge < -0.3 is 4.42 Å². The summed E-state index contributed by atoms with van der Waals surface area (Å²) in [5, 5.41) is 0. The molecule has 0 aromatic carbocycles. The Morgan fingerprint density at radius 1 is 1.12 bits per heavy atom. The summed E-state index contributed by atoms with van der Waals surface area (Å²) in [5.74, 6) is 4.82. The van der Waals surface area contributed by atoms with Gasteiger partial charge in [0.05, 0.1) is 6.26 Å². The van der Waals surface area contributed by atoms with E-state index in [4.69, 9.17) is 4.42 Å². The number of carbonyl (C=O) groups is 1. The van der Waals surface area contributed by atoms with Crippen molar-refractivity contribution >= 4 is 5.78 Å². The fourth-order valence-electron chi connectivity index (χ4n) is 8.81. The van der Waals surface area contributed by atoms with Gasteiger partial charge in [-0.25, -0.2) is 0 Å². The molecule has 1 aromatic rings. The van der Waals surface area contributed by atoms with Crippen molar-refractivity contribution in [2.75, 3.05) is 0 Å². The number of rotatable bonds is 2. The predicted molar refractivity (Wildman–Crippen MR) is 137 cm³/mol. The van der Waals surface area contributed by atoms with E-state index in [0.29, 0.717) is 22.0 Å². The number of carbonyl (C=O) groups excluding carboxylic acids is 1. The fourth-order valence-corrected chi connectivity index (χ4v) is 8.81. The van der Waals surface area contributed by atoms with Gasteiger partial charge in [-0.2, -0.15) is 0 Å². The Kier molecular flexibility index (Phi) is 7.05. The number of Topliss-reactive ketones (excluding diaryl/α,β-unsaturated/α-hetero) is 1. The second-order valence-electron chi connectivity index (χ2n) is 12.8. The van der Waals surface area contributed by atoms with Crippen LogP contribution in [0.4, 0.5) is 0 Å². The van der Waals surface area contributed by atoms with Crippen molar-refractivity contribution in [3.8, 4) is 0 Å². The third-order valence-corrected chi connectivity index (χ3v) is 10.9. The van der Waals surface area contributed by atoms with E-state index in [1.54, 1.807) is 11.8 Å². The van der Waals surface area contributed by atoms with Gasteiger partial charge in [0.15, 0.2) is 0 Å². The lowest BCUT2D eigenvalue weighted by Gasteiger charge is -2.59. The van der Waals surface area contributed by atoms with Crippen LogP contribution in [0.2, 0.25) is 0 Å². The summed E-state index contributed by atoms with van der Waals surface area (Å²) >= 11 is 0. The molecule has 6 atom stereocenters. The molecule has 2 heteroatoms. The van der Waals surface area contributed by atoms with Gasteiger partial charge in [0.2, 0.25) is 0 Å². The lowest BCUT2D eigenvalue weighted by Crippen LogP contribution is -2.52. The molecule has 5 rings (SSSR count). The fraction of sp³-hybridized carbons (Fsp3) is 0.774. The number of hydrogen-bond donors (Lipinski definition) is 0. The highest BCUT2D eigenvalue weighted by atomic mass is 16.3. The van der Waals surface area contributed by atoms with Gasteiger partial charge in [-0.1, -0.05) is 59.1 Å². The lowest BCUT2D eigenvalue weighted by atomic mass is 9.45. The third-order valence-electron chi connectivity index (χ3n) is 10.9. The van der Waals surface area contributed by atoms with Crippen molar-refractivity contribution < 1.29 is 9.21 Å². The Labute approximate surface area is 203 Å². The van der Waals surface area contributed by atoms with Crippen LogP contribution in [0, 0.1) is 46.8 Å². The van der Waals surface area contributed by atoms with Gasteiger partial charge in [0, 0.05) is 12.8 Å². The third kappa shape index (κ3) is 4.41. The molecule has 184 valence electrons. The molecule has 3 saturated carbocycles. The summed E-state index contributed by atoms with van der Waals surface area (Å²) in [6.45, 7) is 14.5. The summed E-state index contributed by atoms with van der Waals surface area (Å²) in [7, 11) is 0. The van der Waals surface area contributed by atoms with Crippen LogP contribution in [0.15, 0.2) is 34.5 Å². The van der Waals surface area contributed by atoms with Crippen LogP contribution in [0.25, 0.3) is 0 Å². The maximum absolute atomic E-state index is 12.3. The highest BCUT2D eigenvalue weighted by Crippen LogP contribution is 2.66. The second kappa shape index (κ2) is 9.38. The lowest BCUT2D eigenvalue weighted by molar-refractivity contribution is -0.122. The van der Waals surface area contributed by atoms with E-state index in [1.807, 2.05) is 19.1 Å². The normalized spacial score (nSPS) is 40.1. The van der Waals surface area contributed by atoms with Crippen LogP contribution < -0.4 is 0 Å². The van der Waals surface area contributed by atoms with Crippen molar-refractivity contribution in [3.05, 3.63) is 35.8 Å². The molecule has 4 aliphatic rings. The molecule has 0 radical (unpaired) electrons. The molecule has 3 fully saturated rings. The van der Waals surface area contributed by atoms with Crippen molar-refractivity contribution in [2.24, 2.45) is 39.9 Å². The quantitative estimate of drug-likeness (QED) is 0.419. The minimum absolute atomic E-state index is 0.303. The Hall–Kier alpha value is -1.31. The van der Waals surface area contributed by atoms with E-state index < -0.39 is 0 Å². The number of furan rings is 1. The second-order valence-corrected chi connectivity index (χ2v) is 12.8. The van der Waals surface area contributed by atoms with Gasteiger partial charge in [0.25, 0.3) is 0 Å². The topological polar surface area (TPSA) is 30.2 Å². The molecule has 0 N–H and O–H groups in total. The van der Waals surface area contributed by atoms with Gasteiger partial charge in [-0.05, 0) is 104 Å². The smallest absolute Gasteiger partial charge is 0.133 e. The zero-order valence-corrected chi connectivity index (χ0v) is 22.2. The van der Waals surface area contributed by atoms with E-state index >= 15 is 0 Å². The molecule has 0 aliphatic heterocycles. The van der Waals surface area contributed by atoms with Crippen LogP contribution in [0.1, 0.15) is 111 Å². The monoisotopic (exact) mass is 452 g/mol. The molecule has 1 spiro atoms. The maximum atomic E-state index is 12.3. The highest BCUT2D eigenvalue weighted by molar-refractivity contribution is 5.81. The Bertz CT molecular complexity index is 846. The molecule has 1 aromatic heterocycles. The van der Waals surface area contributed by atoms with Crippen molar-refractivity contribution in [1.82, 2.24) is 0 Å². The molecular formula is C31H48O2. The average molecular weight is 453 g/mol. The van der Waals surface area contributed by atoms with Crippen molar-refractivity contribution in [3.63, 3.8) is 0 Å².